The quantitative estimate of drug-likeness (QED) is 0.771. The van der Waals surface area contributed by atoms with E-state index in [2.05, 4.69) is 18.7 Å². The van der Waals surface area contributed by atoms with Crippen LogP contribution in [0.15, 0.2) is 0 Å². The third-order valence-corrected chi connectivity index (χ3v) is 4.22. The fourth-order valence-corrected chi connectivity index (χ4v) is 2.64. The van der Waals surface area contributed by atoms with Crippen LogP contribution in [0.2, 0.25) is 0 Å². The van der Waals surface area contributed by atoms with Gasteiger partial charge in [-0.3, -0.25) is 4.90 Å². The van der Waals surface area contributed by atoms with Gasteiger partial charge in [-0.2, -0.15) is 0 Å². The van der Waals surface area contributed by atoms with Crippen LogP contribution in [0.5, 0.6) is 0 Å². The Labute approximate surface area is 117 Å². The van der Waals surface area contributed by atoms with Crippen molar-refractivity contribution in [3.8, 4) is 0 Å². The fraction of sp³-hybridized carbons (Fsp3) is 0.933. The van der Waals surface area contributed by atoms with Gasteiger partial charge in [0.05, 0.1) is 0 Å². The van der Waals surface area contributed by atoms with E-state index in [1.807, 2.05) is 25.7 Å². The van der Waals surface area contributed by atoms with Crippen LogP contribution in [-0.2, 0) is 4.74 Å². The van der Waals surface area contributed by atoms with Gasteiger partial charge in [-0.15, -0.1) is 0 Å². The summed E-state index contributed by atoms with van der Waals surface area (Å²) in [6.07, 6.45) is 1.18. The molecule has 1 saturated carbocycles. The summed E-state index contributed by atoms with van der Waals surface area (Å²) in [5.41, 5.74) is 0.147. The summed E-state index contributed by atoms with van der Waals surface area (Å²) in [4.78, 5) is 16.3. The highest BCUT2D eigenvalue weighted by Gasteiger charge is 2.46. The molecule has 1 atom stereocenters. The SMILES string of the molecule is CC(C)(C)OC(=O)N1CCN(C[C@@H]2CC2(C)C)CC1. The Morgan fingerprint density at radius 2 is 1.74 bits per heavy atom. The molecule has 0 radical (unpaired) electrons. The number of carbonyl (C=O) groups excluding carboxylic acids is 1. The van der Waals surface area contributed by atoms with Crippen LogP contribution < -0.4 is 0 Å². The van der Waals surface area contributed by atoms with Gasteiger partial charge in [0.1, 0.15) is 5.60 Å². The van der Waals surface area contributed by atoms with Crippen molar-refractivity contribution in [2.24, 2.45) is 11.3 Å². The molecule has 4 nitrogen and oxygen atoms in total. The molecule has 0 aromatic rings. The second kappa shape index (κ2) is 4.97. The molecule has 0 spiro atoms. The van der Waals surface area contributed by atoms with Crippen LogP contribution >= 0.6 is 0 Å². The van der Waals surface area contributed by atoms with Gasteiger partial charge in [0.25, 0.3) is 0 Å². The second-order valence-corrected chi connectivity index (χ2v) is 7.66. The lowest BCUT2D eigenvalue weighted by Gasteiger charge is -2.35. The molecule has 0 aromatic carbocycles. The highest BCUT2D eigenvalue weighted by Crippen LogP contribution is 2.51. The molecule has 2 fully saturated rings. The van der Waals surface area contributed by atoms with Crippen LogP contribution in [-0.4, -0.2) is 54.2 Å². The van der Waals surface area contributed by atoms with E-state index in [4.69, 9.17) is 4.74 Å². The number of rotatable bonds is 2. The number of carbonyl (C=O) groups is 1. The van der Waals surface area contributed by atoms with Gasteiger partial charge in [-0.05, 0) is 38.5 Å². The molecule has 1 aliphatic heterocycles. The largest absolute Gasteiger partial charge is 0.444 e. The molecule has 1 heterocycles. The Morgan fingerprint density at radius 1 is 1.21 bits per heavy atom. The molecule has 2 aliphatic rings. The van der Waals surface area contributed by atoms with Crippen LogP contribution in [0.25, 0.3) is 0 Å². The van der Waals surface area contributed by atoms with Gasteiger partial charge in [0, 0.05) is 32.7 Å². The highest BCUT2D eigenvalue weighted by atomic mass is 16.6. The van der Waals surface area contributed by atoms with Crippen molar-refractivity contribution < 1.29 is 9.53 Å². The van der Waals surface area contributed by atoms with E-state index >= 15 is 0 Å². The zero-order valence-electron chi connectivity index (χ0n) is 13.0. The average Bonchev–Trinajstić information content (AvgIpc) is 2.84. The molecular weight excluding hydrogens is 240 g/mol. The molecule has 2 rings (SSSR count). The molecule has 0 bridgehead atoms. The maximum Gasteiger partial charge on any atom is 0.410 e. The first-order valence-electron chi connectivity index (χ1n) is 7.38. The topological polar surface area (TPSA) is 32.8 Å². The summed E-state index contributed by atoms with van der Waals surface area (Å²) in [6.45, 7) is 15.2. The lowest BCUT2D eigenvalue weighted by Crippen LogP contribution is -2.50. The van der Waals surface area contributed by atoms with Crippen LogP contribution in [0.4, 0.5) is 4.79 Å². The smallest absolute Gasteiger partial charge is 0.410 e. The van der Waals surface area contributed by atoms with E-state index in [1.165, 1.54) is 13.0 Å². The van der Waals surface area contributed by atoms with Crippen molar-refractivity contribution in [1.82, 2.24) is 9.80 Å². The summed E-state index contributed by atoms with van der Waals surface area (Å²) in [5.74, 6) is 0.848. The number of hydrogen-bond donors (Lipinski definition) is 0. The predicted octanol–water partition coefficient (Wildman–Crippen LogP) is 2.59. The number of hydrogen-bond acceptors (Lipinski definition) is 3. The van der Waals surface area contributed by atoms with Crippen molar-refractivity contribution in [2.75, 3.05) is 32.7 Å². The zero-order valence-corrected chi connectivity index (χ0v) is 13.0. The molecule has 1 amide bonds. The summed E-state index contributed by atoms with van der Waals surface area (Å²) >= 11 is 0. The molecule has 110 valence electrons. The molecule has 19 heavy (non-hydrogen) atoms. The normalized spacial score (nSPS) is 27.2. The Morgan fingerprint density at radius 3 is 2.16 bits per heavy atom. The minimum Gasteiger partial charge on any atom is -0.444 e. The van der Waals surface area contributed by atoms with E-state index in [9.17, 15) is 4.79 Å². The third kappa shape index (κ3) is 4.10. The Bertz CT molecular complexity index is 339. The third-order valence-electron chi connectivity index (χ3n) is 4.22. The number of amides is 1. The summed E-state index contributed by atoms with van der Waals surface area (Å²) in [6, 6.07) is 0. The Kier molecular flexibility index (Phi) is 3.83. The molecular formula is C15H28N2O2. The fourth-order valence-electron chi connectivity index (χ4n) is 2.64. The number of piperazine rings is 1. The lowest BCUT2D eigenvalue weighted by molar-refractivity contribution is 0.0139. The second-order valence-electron chi connectivity index (χ2n) is 7.66. The van der Waals surface area contributed by atoms with Gasteiger partial charge in [-0.1, -0.05) is 13.8 Å². The van der Waals surface area contributed by atoms with Crippen molar-refractivity contribution in [3.05, 3.63) is 0 Å². The monoisotopic (exact) mass is 268 g/mol. The first kappa shape index (κ1) is 14.6. The van der Waals surface area contributed by atoms with E-state index in [0.717, 1.165) is 32.1 Å². The average molecular weight is 268 g/mol. The van der Waals surface area contributed by atoms with Gasteiger partial charge in [0.15, 0.2) is 0 Å². The summed E-state index contributed by atoms with van der Waals surface area (Å²) in [5, 5.41) is 0. The van der Waals surface area contributed by atoms with Gasteiger partial charge in [0.2, 0.25) is 0 Å². The number of ether oxygens (including phenoxy) is 1. The van der Waals surface area contributed by atoms with Crippen molar-refractivity contribution in [3.63, 3.8) is 0 Å². The van der Waals surface area contributed by atoms with E-state index in [-0.39, 0.29) is 6.09 Å². The van der Waals surface area contributed by atoms with Gasteiger partial charge < -0.3 is 9.64 Å². The Balaban J connectivity index is 1.72. The number of nitrogens with zero attached hydrogens (tertiary/aromatic N) is 2. The maximum absolute atomic E-state index is 11.9. The van der Waals surface area contributed by atoms with E-state index < -0.39 is 5.60 Å². The minimum atomic E-state index is -0.397. The molecule has 1 aliphatic carbocycles. The molecule has 4 heteroatoms. The Hall–Kier alpha value is -0.770. The molecule has 0 aromatic heterocycles. The maximum atomic E-state index is 11.9. The van der Waals surface area contributed by atoms with Crippen LogP contribution in [0.1, 0.15) is 41.0 Å². The van der Waals surface area contributed by atoms with Crippen molar-refractivity contribution in [1.29, 1.82) is 0 Å². The van der Waals surface area contributed by atoms with E-state index in [1.54, 1.807) is 0 Å². The standard InChI is InChI=1S/C15H28N2O2/c1-14(2,3)19-13(18)17-8-6-16(7-9-17)11-12-10-15(12,4)5/h12H,6-11H2,1-5H3/t12-/m0/s1. The molecule has 1 saturated heterocycles. The molecule has 0 N–H and O–H groups in total. The highest BCUT2D eigenvalue weighted by molar-refractivity contribution is 5.68. The minimum absolute atomic E-state index is 0.168. The van der Waals surface area contributed by atoms with Gasteiger partial charge in [-0.25, -0.2) is 4.79 Å². The lowest BCUT2D eigenvalue weighted by atomic mass is 10.1. The summed E-state index contributed by atoms with van der Waals surface area (Å²) in [7, 11) is 0. The first-order chi connectivity index (χ1) is 8.67. The van der Waals surface area contributed by atoms with Gasteiger partial charge >= 0.3 is 6.09 Å². The zero-order chi connectivity index (χ0) is 14.3. The van der Waals surface area contributed by atoms with Crippen molar-refractivity contribution >= 4 is 6.09 Å². The van der Waals surface area contributed by atoms with Crippen LogP contribution in [0, 0.1) is 11.3 Å². The van der Waals surface area contributed by atoms with E-state index in [0.29, 0.717) is 5.41 Å². The first-order valence-corrected chi connectivity index (χ1v) is 7.38. The van der Waals surface area contributed by atoms with Crippen molar-refractivity contribution in [2.45, 2.75) is 46.6 Å². The molecule has 0 unspecified atom stereocenters. The van der Waals surface area contributed by atoms with Crippen LogP contribution in [0.3, 0.4) is 0 Å². The summed E-state index contributed by atoms with van der Waals surface area (Å²) < 4.78 is 5.41. The predicted molar refractivity (Wildman–Crippen MR) is 76.1 cm³/mol.